The normalized spacial score (nSPS) is 10.7. The van der Waals surface area contributed by atoms with Gasteiger partial charge in [-0.15, -0.1) is 24.0 Å². The summed E-state index contributed by atoms with van der Waals surface area (Å²) in [7, 11) is 5.04. The number of nitrogens with zero attached hydrogens (tertiary/aromatic N) is 1. The Morgan fingerprint density at radius 1 is 1.04 bits per heavy atom. The molecule has 0 saturated heterocycles. The first kappa shape index (κ1) is 23.6. The maximum atomic E-state index is 5.38. The summed E-state index contributed by atoms with van der Waals surface area (Å²) in [5.41, 5.74) is 2.43. The van der Waals surface area contributed by atoms with Crippen molar-refractivity contribution in [2.24, 2.45) is 4.99 Å². The van der Waals surface area contributed by atoms with E-state index in [-0.39, 0.29) is 24.0 Å². The minimum Gasteiger partial charge on any atom is -0.493 e. The molecule has 0 aliphatic rings. The van der Waals surface area contributed by atoms with Gasteiger partial charge >= 0.3 is 0 Å². The number of hydrogen-bond donors (Lipinski definition) is 2. The maximum Gasteiger partial charge on any atom is 0.191 e. The molecule has 0 aromatic heterocycles. The molecular formula is C20H27BrIN3O2. The fourth-order valence-corrected chi connectivity index (χ4v) is 3.28. The zero-order valence-corrected chi connectivity index (χ0v) is 19.8. The van der Waals surface area contributed by atoms with Gasteiger partial charge in [-0.25, -0.2) is 0 Å². The van der Waals surface area contributed by atoms with Crippen molar-refractivity contribution in [2.45, 2.75) is 19.4 Å². The Balaban J connectivity index is 0.00000364. The topological polar surface area (TPSA) is 54.9 Å². The van der Waals surface area contributed by atoms with Crippen molar-refractivity contribution < 1.29 is 9.47 Å². The molecule has 0 unspecified atom stereocenters. The van der Waals surface area contributed by atoms with Gasteiger partial charge in [0.25, 0.3) is 0 Å². The van der Waals surface area contributed by atoms with Gasteiger partial charge in [0.05, 0.1) is 18.7 Å². The lowest BCUT2D eigenvalue weighted by Crippen LogP contribution is -2.37. The number of rotatable bonds is 8. The Morgan fingerprint density at radius 3 is 2.41 bits per heavy atom. The van der Waals surface area contributed by atoms with Crippen LogP contribution in [0.25, 0.3) is 0 Å². The Hall–Kier alpha value is -1.48. The van der Waals surface area contributed by atoms with E-state index in [9.17, 15) is 0 Å². The van der Waals surface area contributed by atoms with Gasteiger partial charge in [0.1, 0.15) is 0 Å². The van der Waals surface area contributed by atoms with Crippen molar-refractivity contribution in [3.63, 3.8) is 0 Å². The zero-order chi connectivity index (χ0) is 18.8. The Bertz CT molecular complexity index is 727. The Kier molecular flexibility index (Phi) is 11.2. The van der Waals surface area contributed by atoms with Crippen molar-refractivity contribution >= 4 is 45.9 Å². The molecule has 27 heavy (non-hydrogen) atoms. The van der Waals surface area contributed by atoms with Crippen molar-refractivity contribution in [2.75, 3.05) is 27.8 Å². The molecule has 7 heteroatoms. The van der Waals surface area contributed by atoms with Crippen LogP contribution < -0.4 is 20.1 Å². The van der Waals surface area contributed by atoms with E-state index in [4.69, 9.17) is 9.47 Å². The number of halogens is 2. The summed E-state index contributed by atoms with van der Waals surface area (Å²) in [6, 6.07) is 14.5. The molecule has 0 spiro atoms. The predicted molar refractivity (Wildman–Crippen MR) is 126 cm³/mol. The summed E-state index contributed by atoms with van der Waals surface area (Å²) in [6.07, 6.45) is 2.10. The van der Waals surface area contributed by atoms with E-state index in [1.54, 1.807) is 21.3 Å². The Labute approximate surface area is 187 Å². The van der Waals surface area contributed by atoms with Crippen molar-refractivity contribution in [3.05, 3.63) is 58.1 Å². The average Bonchev–Trinajstić information content (AvgIpc) is 2.67. The van der Waals surface area contributed by atoms with E-state index in [1.807, 2.05) is 18.2 Å². The molecule has 2 aromatic carbocycles. The lowest BCUT2D eigenvalue weighted by Gasteiger charge is -2.14. The molecule has 2 N–H and O–H groups in total. The van der Waals surface area contributed by atoms with Gasteiger partial charge in [0, 0.05) is 20.1 Å². The number of aryl methyl sites for hydroxylation is 1. The third kappa shape index (κ3) is 7.57. The lowest BCUT2D eigenvalue weighted by molar-refractivity contribution is 0.352. The molecule has 0 aliphatic carbocycles. The SMILES string of the molecule is CN=C(NCCCc1ccccc1)NCc1cc(Br)c(OC)c(OC)c1.I. The van der Waals surface area contributed by atoms with E-state index < -0.39 is 0 Å². The summed E-state index contributed by atoms with van der Waals surface area (Å²) >= 11 is 3.52. The first-order valence-corrected chi connectivity index (χ1v) is 9.36. The molecule has 5 nitrogen and oxygen atoms in total. The lowest BCUT2D eigenvalue weighted by atomic mass is 10.1. The summed E-state index contributed by atoms with van der Waals surface area (Å²) in [5.74, 6) is 2.17. The number of hydrogen-bond acceptors (Lipinski definition) is 3. The standard InChI is InChI=1S/C20H26BrN3O2.HI/c1-22-20(23-11-7-10-15-8-5-4-6-9-15)24-14-16-12-17(21)19(26-3)18(13-16)25-2;/h4-6,8-9,12-13H,7,10-11,14H2,1-3H3,(H2,22,23,24);1H. The molecule has 148 valence electrons. The fourth-order valence-electron chi connectivity index (χ4n) is 2.62. The highest BCUT2D eigenvalue weighted by Crippen LogP contribution is 2.36. The summed E-state index contributed by atoms with van der Waals surface area (Å²) < 4.78 is 11.6. The van der Waals surface area contributed by atoms with Crippen LogP contribution in [0, 0.1) is 0 Å². The highest BCUT2D eigenvalue weighted by atomic mass is 127. The third-order valence-electron chi connectivity index (χ3n) is 3.95. The second-order valence-electron chi connectivity index (χ2n) is 5.75. The molecule has 0 atom stereocenters. The average molecular weight is 548 g/mol. The molecule has 0 amide bonds. The van der Waals surface area contributed by atoms with Crippen LogP contribution in [-0.2, 0) is 13.0 Å². The first-order valence-electron chi connectivity index (χ1n) is 8.56. The van der Waals surface area contributed by atoms with E-state index in [0.29, 0.717) is 18.0 Å². The van der Waals surface area contributed by atoms with Crippen LogP contribution >= 0.6 is 39.9 Å². The highest BCUT2D eigenvalue weighted by molar-refractivity contribution is 14.0. The third-order valence-corrected chi connectivity index (χ3v) is 4.54. The number of benzene rings is 2. The van der Waals surface area contributed by atoms with Gasteiger partial charge in [-0.2, -0.15) is 0 Å². The highest BCUT2D eigenvalue weighted by Gasteiger charge is 2.10. The second-order valence-corrected chi connectivity index (χ2v) is 6.61. The van der Waals surface area contributed by atoms with Crippen molar-refractivity contribution in [1.82, 2.24) is 10.6 Å². The first-order chi connectivity index (χ1) is 12.7. The monoisotopic (exact) mass is 547 g/mol. The summed E-state index contributed by atoms with van der Waals surface area (Å²) in [6.45, 7) is 1.50. The van der Waals surface area contributed by atoms with Crippen LogP contribution in [-0.4, -0.2) is 33.8 Å². The number of ether oxygens (including phenoxy) is 2. The molecule has 0 heterocycles. The molecule has 0 bridgehead atoms. The molecule has 0 saturated carbocycles. The number of guanidine groups is 1. The zero-order valence-electron chi connectivity index (χ0n) is 15.9. The van der Waals surface area contributed by atoms with Gasteiger partial charge in [-0.05, 0) is 52.0 Å². The number of aliphatic imine (C=N–C) groups is 1. The van der Waals surface area contributed by atoms with Crippen LogP contribution in [0.2, 0.25) is 0 Å². The number of nitrogens with one attached hydrogen (secondary N) is 2. The summed E-state index contributed by atoms with van der Waals surface area (Å²) in [5, 5.41) is 6.67. The van der Waals surface area contributed by atoms with E-state index >= 15 is 0 Å². The fraction of sp³-hybridized carbons (Fsp3) is 0.350. The largest absolute Gasteiger partial charge is 0.493 e. The quantitative estimate of drug-likeness (QED) is 0.223. The number of methoxy groups -OCH3 is 2. The molecule has 0 fully saturated rings. The van der Waals surface area contributed by atoms with Gasteiger partial charge in [0.2, 0.25) is 0 Å². The second kappa shape index (κ2) is 12.8. The van der Waals surface area contributed by atoms with E-state index in [0.717, 1.165) is 35.4 Å². The van der Waals surface area contributed by atoms with Crippen LogP contribution in [0.4, 0.5) is 0 Å². The van der Waals surface area contributed by atoms with Crippen LogP contribution in [0.5, 0.6) is 11.5 Å². The van der Waals surface area contributed by atoms with Crippen LogP contribution in [0.1, 0.15) is 17.5 Å². The van der Waals surface area contributed by atoms with Gasteiger partial charge < -0.3 is 20.1 Å². The molecule has 0 aliphatic heterocycles. The van der Waals surface area contributed by atoms with Crippen LogP contribution in [0.3, 0.4) is 0 Å². The van der Waals surface area contributed by atoms with Gasteiger partial charge in [-0.1, -0.05) is 30.3 Å². The molecule has 2 aromatic rings. The molecule has 2 rings (SSSR count). The Morgan fingerprint density at radius 2 is 1.78 bits per heavy atom. The van der Waals surface area contributed by atoms with E-state index in [1.165, 1.54) is 5.56 Å². The van der Waals surface area contributed by atoms with Gasteiger partial charge in [-0.3, -0.25) is 4.99 Å². The van der Waals surface area contributed by atoms with Crippen LogP contribution in [0.15, 0.2) is 51.9 Å². The van der Waals surface area contributed by atoms with Crippen molar-refractivity contribution in [3.8, 4) is 11.5 Å². The molecule has 0 radical (unpaired) electrons. The maximum absolute atomic E-state index is 5.38. The predicted octanol–water partition coefficient (Wildman–Crippen LogP) is 4.38. The van der Waals surface area contributed by atoms with Crippen molar-refractivity contribution in [1.29, 1.82) is 0 Å². The van der Waals surface area contributed by atoms with E-state index in [2.05, 4.69) is 55.8 Å². The smallest absolute Gasteiger partial charge is 0.191 e. The minimum atomic E-state index is 0. The minimum absolute atomic E-state index is 0. The van der Waals surface area contributed by atoms with Gasteiger partial charge in [0.15, 0.2) is 17.5 Å². The summed E-state index contributed by atoms with van der Waals surface area (Å²) in [4.78, 5) is 4.27. The molecular weight excluding hydrogens is 521 g/mol.